The highest BCUT2D eigenvalue weighted by molar-refractivity contribution is 6.22. The number of carbonyl (C=O) groups is 5. The summed E-state index contributed by atoms with van der Waals surface area (Å²) in [5.74, 6) is -1.40. The number of imide groups is 1. The van der Waals surface area contributed by atoms with Crippen molar-refractivity contribution in [2.24, 2.45) is 0 Å². The number of fused-ring (bicyclic) bond motifs is 1. The van der Waals surface area contributed by atoms with Crippen LogP contribution < -0.4 is 15.4 Å². The SMILES string of the molecule is CCOC(=O)Oc1ccc(C(=O)NCCNC(=O)c2ccc3c(c2)C(=O)N(CCCOC)C3=O)cc1. The molecule has 3 rings (SSSR count). The molecule has 11 nitrogen and oxygen atoms in total. The Morgan fingerprint density at radius 2 is 1.47 bits per heavy atom. The summed E-state index contributed by atoms with van der Waals surface area (Å²) < 4.78 is 14.6. The van der Waals surface area contributed by atoms with Crippen molar-refractivity contribution < 1.29 is 38.2 Å². The molecule has 0 spiro atoms. The fraction of sp³-hybridized carbons (Fsp3) is 0.320. The molecule has 2 aromatic carbocycles. The maximum Gasteiger partial charge on any atom is 0.513 e. The summed E-state index contributed by atoms with van der Waals surface area (Å²) in [4.78, 5) is 62.3. The lowest BCUT2D eigenvalue weighted by Crippen LogP contribution is -2.34. The summed E-state index contributed by atoms with van der Waals surface area (Å²) >= 11 is 0. The molecule has 4 amide bonds. The van der Waals surface area contributed by atoms with Crippen LogP contribution in [0.3, 0.4) is 0 Å². The number of rotatable bonds is 11. The summed E-state index contributed by atoms with van der Waals surface area (Å²) in [7, 11) is 1.54. The molecule has 1 aliphatic heterocycles. The van der Waals surface area contributed by atoms with Crippen LogP contribution in [0.2, 0.25) is 0 Å². The third kappa shape index (κ3) is 6.45. The standard InChI is InChI=1S/C25H27N3O8/c1-3-35-25(33)36-18-8-5-16(6-9-18)21(29)26-11-12-27-22(30)17-7-10-19-20(15-17)24(32)28(23(19)31)13-4-14-34-2/h5-10,15H,3-4,11-14H2,1-2H3,(H,26,29)(H,27,30). The lowest BCUT2D eigenvalue weighted by molar-refractivity contribution is 0.0637. The fourth-order valence-electron chi connectivity index (χ4n) is 3.48. The van der Waals surface area contributed by atoms with Crippen LogP contribution in [0.1, 0.15) is 54.8 Å². The molecule has 1 heterocycles. The maximum atomic E-state index is 12.6. The molecule has 190 valence electrons. The highest BCUT2D eigenvalue weighted by Gasteiger charge is 2.35. The molecule has 0 bridgehead atoms. The molecule has 0 saturated heterocycles. The molecular weight excluding hydrogens is 470 g/mol. The first kappa shape index (κ1) is 26.4. The normalized spacial score (nSPS) is 12.2. The van der Waals surface area contributed by atoms with Crippen molar-refractivity contribution in [2.45, 2.75) is 13.3 Å². The molecular formula is C25H27N3O8. The lowest BCUT2D eigenvalue weighted by Gasteiger charge is -2.12. The highest BCUT2D eigenvalue weighted by Crippen LogP contribution is 2.24. The van der Waals surface area contributed by atoms with Crippen molar-refractivity contribution in [3.8, 4) is 5.75 Å². The molecule has 36 heavy (non-hydrogen) atoms. The van der Waals surface area contributed by atoms with E-state index in [4.69, 9.17) is 9.47 Å². The van der Waals surface area contributed by atoms with Gasteiger partial charge in [0.25, 0.3) is 23.6 Å². The molecule has 2 aromatic rings. The van der Waals surface area contributed by atoms with Gasteiger partial charge < -0.3 is 24.8 Å². The van der Waals surface area contributed by atoms with Crippen LogP contribution in [-0.2, 0) is 9.47 Å². The Morgan fingerprint density at radius 3 is 2.11 bits per heavy atom. The van der Waals surface area contributed by atoms with Gasteiger partial charge in [0.2, 0.25) is 0 Å². The van der Waals surface area contributed by atoms with E-state index in [1.165, 1.54) is 42.5 Å². The number of hydrogen-bond donors (Lipinski definition) is 2. The molecule has 2 N–H and O–H groups in total. The minimum absolute atomic E-state index is 0.141. The van der Waals surface area contributed by atoms with Gasteiger partial charge in [-0.2, -0.15) is 0 Å². The average molecular weight is 498 g/mol. The first-order valence-corrected chi connectivity index (χ1v) is 11.4. The number of ether oxygens (including phenoxy) is 3. The van der Waals surface area contributed by atoms with Gasteiger partial charge in [0.15, 0.2) is 0 Å². The van der Waals surface area contributed by atoms with E-state index >= 15 is 0 Å². The van der Waals surface area contributed by atoms with Gasteiger partial charge in [0.1, 0.15) is 5.75 Å². The summed E-state index contributed by atoms with van der Waals surface area (Å²) in [5.41, 5.74) is 1.03. The van der Waals surface area contributed by atoms with E-state index in [-0.39, 0.29) is 60.5 Å². The van der Waals surface area contributed by atoms with Crippen LogP contribution in [0.4, 0.5) is 4.79 Å². The van der Waals surface area contributed by atoms with Crippen LogP contribution in [0, 0.1) is 0 Å². The van der Waals surface area contributed by atoms with Gasteiger partial charge >= 0.3 is 6.16 Å². The average Bonchev–Trinajstić information content (AvgIpc) is 3.11. The third-order valence-electron chi connectivity index (χ3n) is 5.24. The van der Waals surface area contributed by atoms with Gasteiger partial charge in [-0.3, -0.25) is 24.1 Å². The number of hydrogen-bond acceptors (Lipinski definition) is 8. The Kier molecular flexibility index (Phi) is 9.12. The van der Waals surface area contributed by atoms with Gasteiger partial charge in [0, 0.05) is 44.5 Å². The van der Waals surface area contributed by atoms with Gasteiger partial charge in [-0.25, -0.2) is 4.79 Å². The maximum absolute atomic E-state index is 12.6. The van der Waals surface area contributed by atoms with Crippen molar-refractivity contribution in [3.05, 3.63) is 64.7 Å². The summed E-state index contributed by atoms with van der Waals surface area (Å²) in [6.07, 6.45) is -0.309. The topological polar surface area (TPSA) is 140 Å². The van der Waals surface area contributed by atoms with E-state index in [2.05, 4.69) is 15.4 Å². The number of nitrogens with one attached hydrogen (secondary N) is 2. The van der Waals surface area contributed by atoms with Crippen molar-refractivity contribution in [1.82, 2.24) is 15.5 Å². The minimum Gasteiger partial charge on any atom is -0.434 e. The Hall–Kier alpha value is -4.25. The Balaban J connectivity index is 1.47. The van der Waals surface area contributed by atoms with Gasteiger partial charge in [-0.15, -0.1) is 0 Å². The Bertz CT molecular complexity index is 1150. The van der Waals surface area contributed by atoms with E-state index < -0.39 is 18.0 Å². The van der Waals surface area contributed by atoms with E-state index in [1.807, 2.05) is 0 Å². The van der Waals surface area contributed by atoms with Crippen LogP contribution >= 0.6 is 0 Å². The van der Waals surface area contributed by atoms with Crippen molar-refractivity contribution in [3.63, 3.8) is 0 Å². The Labute approximate surface area is 207 Å². The molecule has 0 unspecified atom stereocenters. The van der Waals surface area contributed by atoms with Crippen LogP contribution in [0.25, 0.3) is 0 Å². The number of carbonyl (C=O) groups excluding carboxylic acids is 5. The smallest absolute Gasteiger partial charge is 0.434 e. The first-order valence-electron chi connectivity index (χ1n) is 11.4. The fourth-order valence-corrected chi connectivity index (χ4v) is 3.48. The zero-order valence-corrected chi connectivity index (χ0v) is 20.0. The molecule has 1 aliphatic rings. The molecule has 0 fully saturated rings. The molecule has 11 heteroatoms. The summed E-state index contributed by atoms with van der Waals surface area (Å²) in [5, 5.41) is 5.34. The predicted octanol–water partition coefficient (Wildman–Crippen LogP) is 2.01. The van der Waals surface area contributed by atoms with Crippen LogP contribution in [0.5, 0.6) is 5.75 Å². The van der Waals surface area contributed by atoms with Crippen molar-refractivity contribution >= 4 is 29.8 Å². The second-order valence-corrected chi connectivity index (χ2v) is 7.69. The quantitative estimate of drug-likeness (QED) is 0.208. The number of amides is 4. The molecule has 0 aliphatic carbocycles. The zero-order chi connectivity index (χ0) is 26.1. The monoisotopic (exact) mass is 497 g/mol. The minimum atomic E-state index is -0.829. The predicted molar refractivity (Wildman–Crippen MR) is 127 cm³/mol. The zero-order valence-electron chi connectivity index (χ0n) is 20.0. The van der Waals surface area contributed by atoms with Gasteiger partial charge in [-0.05, 0) is 55.8 Å². The number of methoxy groups -OCH3 is 1. The van der Waals surface area contributed by atoms with Gasteiger partial charge in [0.05, 0.1) is 17.7 Å². The van der Waals surface area contributed by atoms with E-state index in [1.54, 1.807) is 14.0 Å². The van der Waals surface area contributed by atoms with Crippen LogP contribution in [-0.4, -0.2) is 74.6 Å². The molecule has 0 saturated carbocycles. The van der Waals surface area contributed by atoms with Crippen molar-refractivity contribution in [1.29, 1.82) is 0 Å². The summed E-state index contributed by atoms with van der Waals surface area (Å²) in [6, 6.07) is 10.3. The van der Waals surface area contributed by atoms with Crippen molar-refractivity contribution in [2.75, 3.05) is 40.0 Å². The molecule has 0 aromatic heterocycles. The highest BCUT2D eigenvalue weighted by atomic mass is 16.7. The number of nitrogens with zero attached hydrogens (tertiary/aromatic N) is 1. The van der Waals surface area contributed by atoms with Crippen LogP contribution in [0.15, 0.2) is 42.5 Å². The van der Waals surface area contributed by atoms with E-state index in [0.29, 0.717) is 18.6 Å². The van der Waals surface area contributed by atoms with E-state index in [9.17, 15) is 24.0 Å². The summed E-state index contributed by atoms with van der Waals surface area (Å²) in [6.45, 7) is 2.80. The molecule has 0 atom stereocenters. The lowest BCUT2D eigenvalue weighted by atomic mass is 10.1. The van der Waals surface area contributed by atoms with E-state index in [0.717, 1.165) is 4.90 Å². The first-order chi connectivity index (χ1) is 17.3. The second-order valence-electron chi connectivity index (χ2n) is 7.69. The largest absolute Gasteiger partial charge is 0.513 e. The third-order valence-corrected chi connectivity index (χ3v) is 5.24. The second kappa shape index (κ2) is 12.5. The molecule has 0 radical (unpaired) electrons. The van der Waals surface area contributed by atoms with Gasteiger partial charge in [-0.1, -0.05) is 0 Å². The Morgan fingerprint density at radius 1 is 0.861 bits per heavy atom. The number of benzene rings is 2.